The van der Waals surface area contributed by atoms with E-state index in [-0.39, 0.29) is 5.69 Å². The molecule has 5 nitrogen and oxygen atoms in total. The predicted octanol–water partition coefficient (Wildman–Crippen LogP) is 2.71. The van der Waals surface area contributed by atoms with Crippen molar-refractivity contribution in [1.29, 1.82) is 0 Å². The topological polar surface area (TPSA) is 68.9 Å². The molecule has 0 fully saturated rings. The van der Waals surface area contributed by atoms with Crippen LogP contribution in [0.4, 0.5) is 5.69 Å². The molecule has 0 atom stereocenters. The zero-order chi connectivity index (χ0) is 11.5. The zero-order valence-electron chi connectivity index (χ0n) is 8.00. The van der Waals surface area contributed by atoms with E-state index < -0.39 is 4.92 Å². The number of halogens is 1. The van der Waals surface area contributed by atoms with Gasteiger partial charge in [0, 0.05) is 23.9 Å². The van der Waals surface area contributed by atoms with Crippen LogP contribution in [0, 0.1) is 10.1 Å². The van der Waals surface area contributed by atoms with Gasteiger partial charge in [-0.25, -0.2) is 9.97 Å². The molecular formula is C10H6ClN3O2. The number of benzene rings is 1. The Kier molecular flexibility index (Phi) is 2.78. The third kappa shape index (κ3) is 1.99. The molecule has 0 unspecified atom stereocenters. The Labute approximate surface area is 95.9 Å². The van der Waals surface area contributed by atoms with Gasteiger partial charge in [0.05, 0.1) is 15.6 Å². The van der Waals surface area contributed by atoms with E-state index in [2.05, 4.69) is 9.97 Å². The van der Waals surface area contributed by atoms with Crippen LogP contribution in [0.2, 0.25) is 5.02 Å². The first kappa shape index (κ1) is 10.5. The Hall–Kier alpha value is -2.01. The van der Waals surface area contributed by atoms with E-state index in [0.29, 0.717) is 16.3 Å². The molecule has 6 heteroatoms. The van der Waals surface area contributed by atoms with E-state index >= 15 is 0 Å². The van der Waals surface area contributed by atoms with E-state index in [4.69, 9.17) is 11.6 Å². The lowest BCUT2D eigenvalue weighted by molar-refractivity contribution is -0.384. The third-order valence-corrected chi connectivity index (χ3v) is 2.33. The number of non-ortho nitro benzene ring substituents is 1. The molecule has 0 amide bonds. The zero-order valence-corrected chi connectivity index (χ0v) is 8.76. The van der Waals surface area contributed by atoms with Crippen molar-refractivity contribution in [3.8, 4) is 11.3 Å². The van der Waals surface area contributed by atoms with Gasteiger partial charge in [-0.2, -0.15) is 0 Å². The van der Waals surface area contributed by atoms with Crippen LogP contribution in [0.1, 0.15) is 0 Å². The Morgan fingerprint density at radius 3 is 2.69 bits per heavy atom. The maximum atomic E-state index is 10.5. The highest BCUT2D eigenvalue weighted by atomic mass is 35.5. The molecule has 2 rings (SSSR count). The fourth-order valence-electron chi connectivity index (χ4n) is 1.28. The average molecular weight is 236 g/mol. The van der Waals surface area contributed by atoms with Crippen LogP contribution >= 0.6 is 11.6 Å². The van der Waals surface area contributed by atoms with Crippen molar-refractivity contribution in [1.82, 2.24) is 9.97 Å². The maximum absolute atomic E-state index is 10.5. The molecule has 0 N–H and O–H groups in total. The summed E-state index contributed by atoms with van der Waals surface area (Å²) in [5.41, 5.74) is 1.24. The summed E-state index contributed by atoms with van der Waals surface area (Å²) in [7, 11) is 0. The molecule has 1 aromatic carbocycles. The summed E-state index contributed by atoms with van der Waals surface area (Å²) in [6.45, 7) is 0. The first-order valence-electron chi connectivity index (χ1n) is 4.39. The van der Waals surface area contributed by atoms with E-state index in [9.17, 15) is 10.1 Å². The van der Waals surface area contributed by atoms with Crippen molar-refractivity contribution in [3.05, 3.63) is 51.9 Å². The van der Waals surface area contributed by atoms with Gasteiger partial charge in [0.25, 0.3) is 5.69 Å². The Morgan fingerprint density at radius 1 is 1.31 bits per heavy atom. The maximum Gasteiger partial charge on any atom is 0.270 e. The van der Waals surface area contributed by atoms with Crippen molar-refractivity contribution in [2.75, 3.05) is 0 Å². The summed E-state index contributed by atoms with van der Waals surface area (Å²) in [4.78, 5) is 17.8. The molecular weight excluding hydrogens is 230 g/mol. The van der Waals surface area contributed by atoms with Gasteiger partial charge in [0.2, 0.25) is 0 Å². The van der Waals surface area contributed by atoms with Crippen LogP contribution < -0.4 is 0 Å². The molecule has 0 spiro atoms. The van der Waals surface area contributed by atoms with Crippen LogP contribution in [-0.4, -0.2) is 14.9 Å². The first-order chi connectivity index (χ1) is 7.68. The first-order valence-corrected chi connectivity index (χ1v) is 4.76. The lowest BCUT2D eigenvalue weighted by Crippen LogP contribution is -1.90. The van der Waals surface area contributed by atoms with Gasteiger partial charge >= 0.3 is 0 Å². The van der Waals surface area contributed by atoms with Crippen LogP contribution in [0.25, 0.3) is 11.3 Å². The highest BCUT2D eigenvalue weighted by molar-refractivity contribution is 6.33. The molecule has 2 aromatic rings. The van der Waals surface area contributed by atoms with Crippen LogP contribution in [0.15, 0.2) is 36.8 Å². The SMILES string of the molecule is O=[N+]([O-])c1ccc(-c2ccncn2)c(Cl)c1. The van der Waals surface area contributed by atoms with E-state index in [0.717, 1.165) is 0 Å². The van der Waals surface area contributed by atoms with Gasteiger partial charge in [0.1, 0.15) is 6.33 Å². The highest BCUT2D eigenvalue weighted by Gasteiger charge is 2.10. The molecule has 0 aliphatic heterocycles. The largest absolute Gasteiger partial charge is 0.270 e. The summed E-state index contributed by atoms with van der Waals surface area (Å²) in [5, 5.41) is 10.8. The normalized spacial score (nSPS) is 10.1. The lowest BCUT2D eigenvalue weighted by Gasteiger charge is -2.02. The van der Waals surface area contributed by atoms with Crippen molar-refractivity contribution in [3.63, 3.8) is 0 Å². The van der Waals surface area contributed by atoms with Gasteiger partial charge in [-0.05, 0) is 12.1 Å². The Bertz CT molecular complexity index is 531. The lowest BCUT2D eigenvalue weighted by atomic mass is 10.1. The Balaban J connectivity index is 2.48. The van der Waals surface area contributed by atoms with E-state index in [1.165, 1.54) is 18.5 Å². The molecule has 0 radical (unpaired) electrons. The molecule has 80 valence electrons. The van der Waals surface area contributed by atoms with Crippen molar-refractivity contribution in [2.24, 2.45) is 0 Å². The fourth-order valence-corrected chi connectivity index (χ4v) is 1.55. The Morgan fingerprint density at radius 2 is 2.12 bits per heavy atom. The second-order valence-electron chi connectivity index (χ2n) is 3.02. The predicted molar refractivity (Wildman–Crippen MR) is 59.1 cm³/mol. The van der Waals surface area contributed by atoms with Gasteiger partial charge in [-0.3, -0.25) is 10.1 Å². The van der Waals surface area contributed by atoms with Gasteiger partial charge in [-0.15, -0.1) is 0 Å². The van der Waals surface area contributed by atoms with Crippen molar-refractivity contribution >= 4 is 17.3 Å². The summed E-state index contributed by atoms with van der Waals surface area (Å²) >= 11 is 5.94. The minimum Gasteiger partial charge on any atom is -0.258 e. The quantitative estimate of drug-likeness (QED) is 0.593. The highest BCUT2D eigenvalue weighted by Crippen LogP contribution is 2.29. The number of nitro benzene ring substituents is 1. The molecule has 0 saturated carbocycles. The summed E-state index contributed by atoms with van der Waals surface area (Å²) < 4.78 is 0. The molecule has 16 heavy (non-hydrogen) atoms. The number of rotatable bonds is 2. The summed E-state index contributed by atoms with van der Waals surface area (Å²) in [5.74, 6) is 0. The van der Waals surface area contributed by atoms with Gasteiger partial charge in [0.15, 0.2) is 0 Å². The van der Waals surface area contributed by atoms with Crippen LogP contribution in [0.3, 0.4) is 0 Å². The number of nitrogens with zero attached hydrogens (tertiary/aromatic N) is 3. The molecule has 0 aliphatic rings. The molecule has 0 aliphatic carbocycles. The standard InChI is InChI=1S/C10H6ClN3O2/c11-9-5-7(14(15)16)1-2-8(9)10-3-4-12-6-13-10/h1-6H. The smallest absolute Gasteiger partial charge is 0.258 e. The molecule has 1 aromatic heterocycles. The van der Waals surface area contributed by atoms with Crippen molar-refractivity contribution < 1.29 is 4.92 Å². The third-order valence-electron chi connectivity index (χ3n) is 2.02. The number of hydrogen-bond acceptors (Lipinski definition) is 4. The van der Waals surface area contributed by atoms with Gasteiger partial charge in [-0.1, -0.05) is 11.6 Å². The summed E-state index contributed by atoms with van der Waals surface area (Å²) in [6, 6.07) is 5.96. The second-order valence-corrected chi connectivity index (χ2v) is 3.42. The van der Waals surface area contributed by atoms with Crippen LogP contribution in [0.5, 0.6) is 0 Å². The van der Waals surface area contributed by atoms with Crippen LogP contribution in [-0.2, 0) is 0 Å². The van der Waals surface area contributed by atoms with Gasteiger partial charge < -0.3 is 0 Å². The molecule has 0 bridgehead atoms. The molecule has 1 heterocycles. The number of aromatic nitrogens is 2. The number of nitro groups is 1. The minimum absolute atomic E-state index is 0.0391. The summed E-state index contributed by atoms with van der Waals surface area (Å²) in [6.07, 6.45) is 2.98. The monoisotopic (exact) mass is 235 g/mol. The van der Waals surface area contributed by atoms with E-state index in [1.807, 2.05) is 0 Å². The van der Waals surface area contributed by atoms with E-state index in [1.54, 1.807) is 18.3 Å². The average Bonchev–Trinajstić information content (AvgIpc) is 2.30. The number of hydrogen-bond donors (Lipinski definition) is 0. The molecule has 0 saturated heterocycles. The fraction of sp³-hybridized carbons (Fsp3) is 0. The van der Waals surface area contributed by atoms with Crippen molar-refractivity contribution in [2.45, 2.75) is 0 Å². The second kappa shape index (κ2) is 4.24. The minimum atomic E-state index is -0.490.